The van der Waals surface area contributed by atoms with Crippen molar-refractivity contribution in [2.45, 2.75) is 39.2 Å². The van der Waals surface area contributed by atoms with Crippen molar-refractivity contribution in [1.29, 1.82) is 0 Å². The number of aromatic nitrogens is 2. The van der Waals surface area contributed by atoms with Gasteiger partial charge in [-0.25, -0.2) is 0 Å². The minimum atomic E-state index is -0.00968. The summed E-state index contributed by atoms with van der Waals surface area (Å²) in [4.78, 5) is 16.2. The number of unbranched alkanes of at least 4 members (excludes halogenated alkanes) is 1. The summed E-state index contributed by atoms with van der Waals surface area (Å²) in [5.41, 5.74) is 2.75. The Bertz CT molecular complexity index is 666. The van der Waals surface area contributed by atoms with Gasteiger partial charge in [0.2, 0.25) is 5.89 Å². The number of nitrogens with one attached hydrogen (secondary N) is 2. The molecule has 1 aliphatic heterocycles. The van der Waals surface area contributed by atoms with Crippen LogP contribution in [-0.2, 0) is 19.4 Å². The van der Waals surface area contributed by atoms with Crippen LogP contribution in [0.25, 0.3) is 0 Å². The van der Waals surface area contributed by atoms with E-state index >= 15 is 0 Å². The van der Waals surface area contributed by atoms with Crippen LogP contribution < -0.4 is 10.6 Å². The van der Waals surface area contributed by atoms with Crippen LogP contribution in [0.4, 0.5) is 5.69 Å². The van der Waals surface area contributed by atoms with Gasteiger partial charge in [-0.05, 0) is 30.5 Å². The van der Waals surface area contributed by atoms with Crippen molar-refractivity contribution < 1.29 is 9.32 Å². The van der Waals surface area contributed by atoms with E-state index in [0.717, 1.165) is 48.3 Å². The largest absolute Gasteiger partial charge is 0.376 e. The first-order chi connectivity index (χ1) is 10.8. The Kier molecular flexibility index (Phi) is 4.37. The Hall–Kier alpha value is -2.37. The minimum Gasteiger partial charge on any atom is -0.376 e. The third kappa shape index (κ3) is 3.10. The van der Waals surface area contributed by atoms with Crippen LogP contribution in [0.3, 0.4) is 0 Å². The standard InChI is InChI=1S/C16H20N4O2/c1-2-3-7-14-19-15(22-20-14)10-18-13-6-4-5-12-11(13)8-9-17-16(12)21/h4-6,18H,2-3,7-10H2,1H3,(H,17,21). The Morgan fingerprint density at radius 3 is 3.18 bits per heavy atom. The summed E-state index contributed by atoms with van der Waals surface area (Å²) in [6.07, 6.45) is 3.85. The van der Waals surface area contributed by atoms with Crippen molar-refractivity contribution in [2.24, 2.45) is 0 Å². The van der Waals surface area contributed by atoms with E-state index in [1.54, 1.807) is 0 Å². The van der Waals surface area contributed by atoms with Crippen LogP contribution in [0.2, 0.25) is 0 Å². The molecule has 116 valence electrons. The zero-order valence-corrected chi connectivity index (χ0v) is 12.7. The smallest absolute Gasteiger partial charge is 0.251 e. The number of carbonyl (C=O) groups excluding carboxylic acids is 1. The lowest BCUT2D eigenvalue weighted by atomic mass is 9.98. The SMILES string of the molecule is CCCCc1noc(CNc2cccc3c2CCNC3=O)n1. The number of amides is 1. The zero-order valence-electron chi connectivity index (χ0n) is 12.7. The molecular formula is C16H20N4O2. The van der Waals surface area contributed by atoms with Gasteiger partial charge in [0, 0.05) is 24.2 Å². The second-order valence-corrected chi connectivity index (χ2v) is 5.40. The van der Waals surface area contributed by atoms with Crippen molar-refractivity contribution >= 4 is 11.6 Å². The third-order valence-electron chi connectivity index (χ3n) is 3.78. The van der Waals surface area contributed by atoms with E-state index in [9.17, 15) is 4.79 Å². The summed E-state index contributed by atoms with van der Waals surface area (Å²) in [5, 5.41) is 10.1. The number of hydrogen-bond donors (Lipinski definition) is 2. The monoisotopic (exact) mass is 300 g/mol. The summed E-state index contributed by atoms with van der Waals surface area (Å²) in [6, 6.07) is 5.71. The van der Waals surface area contributed by atoms with Crippen molar-refractivity contribution in [3.63, 3.8) is 0 Å². The lowest BCUT2D eigenvalue weighted by Crippen LogP contribution is -2.32. The van der Waals surface area contributed by atoms with E-state index < -0.39 is 0 Å². The molecule has 0 saturated carbocycles. The molecule has 6 nitrogen and oxygen atoms in total. The highest BCUT2D eigenvalue weighted by molar-refractivity contribution is 5.98. The fourth-order valence-corrected chi connectivity index (χ4v) is 2.60. The van der Waals surface area contributed by atoms with Crippen LogP contribution in [-0.4, -0.2) is 22.6 Å². The molecule has 1 aromatic heterocycles. The first-order valence-corrected chi connectivity index (χ1v) is 7.73. The van der Waals surface area contributed by atoms with Crippen molar-refractivity contribution in [2.75, 3.05) is 11.9 Å². The molecule has 3 rings (SSSR count). The van der Waals surface area contributed by atoms with Gasteiger partial charge in [0.1, 0.15) is 0 Å². The van der Waals surface area contributed by atoms with Gasteiger partial charge in [0.25, 0.3) is 5.91 Å². The van der Waals surface area contributed by atoms with E-state index in [4.69, 9.17) is 4.52 Å². The predicted molar refractivity (Wildman–Crippen MR) is 82.7 cm³/mol. The van der Waals surface area contributed by atoms with Crippen molar-refractivity contribution in [3.05, 3.63) is 41.0 Å². The molecule has 2 aromatic rings. The average Bonchev–Trinajstić information content (AvgIpc) is 2.99. The van der Waals surface area contributed by atoms with Crippen LogP contribution >= 0.6 is 0 Å². The Balaban J connectivity index is 1.68. The molecule has 0 saturated heterocycles. The second-order valence-electron chi connectivity index (χ2n) is 5.40. The minimum absolute atomic E-state index is 0.00968. The normalized spacial score (nSPS) is 13.6. The lowest BCUT2D eigenvalue weighted by molar-refractivity contribution is 0.0946. The van der Waals surface area contributed by atoms with E-state index in [-0.39, 0.29) is 5.91 Å². The van der Waals surface area contributed by atoms with Gasteiger partial charge in [-0.1, -0.05) is 24.6 Å². The number of carbonyl (C=O) groups is 1. The first-order valence-electron chi connectivity index (χ1n) is 7.73. The number of fused-ring (bicyclic) bond motifs is 1. The van der Waals surface area contributed by atoms with Crippen molar-refractivity contribution in [3.8, 4) is 0 Å². The van der Waals surface area contributed by atoms with E-state index in [0.29, 0.717) is 19.0 Å². The number of rotatable bonds is 6. The molecule has 22 heavy (non-hydrogen) atoms. The molecule has 0 spiro atoms. The summed E-state index contributed by atoms with van der Waals surface area (Å²) in [6.45, 7) is 3.28. The quantitative estimate of drug-likeness (QED) is 0.855. The van der Waals surface area contributed by atoms with Gasteiger partial charge < -0.3 is 15.2 Å². The molecule has 1 amide bonds. The van der Waals surface area contributed by atoms with E-state index in [1.165, 1.54) is 0 Å². The number of anilines is 1. The number of nitrogens with zero attached hydrogens (tertiary/aromatic N) is 2. The highest BCUT2D eigenvalue weighted by Gasteiger charge is 2.19. The van der Waals surface area contributed by atoms with Gasteiger partial charge in [0.05, 0.1) is 6.54 Å². The molecule has 1 aromatic carbocycles. The molecule has 0 fully saturated rings. The number of hydrogen-bond acceptors (Lipinski definition) is 5. The van der Waals surface area contributed by atoms with Crippen LogP contribution in [0, 0.1) is 0 Å². The van der Waals surface area contributed by atoms with Gasteiger partial charge in [-0.3, -0.25) is 4.79 Å². The average molecular weight is 300 g/mol. The molecule has 0 aliphatic carbocycles. The van der Waals surface area contributed by atoms with Gasteiger partial charge in [-0.2, -0.15) is 4.98 Å². The lowest BCUT2D eigenvalue weighted by Gasteiger charge is -2.19. The van der Waals surface area contributed by atoms with Gasteiger partial charge in [-0.15, -0.1) is 0 Å². The molecule has 0 bridgehead atoms. The molecule has 1 aliphatic rings. The fourth-order valence-electron chi connectivity index (χ4n) is 2.60. The Morgan fingerprint density at radius 1 is 1.41 bits per heavy atom. The topological polar surface area (TPSA) is 80.0 Å². The summed E-state index contributed by atoms with van der Waals surface area (Å²) >= 11 is 0. The maximum atomic E-state index is 11.8. The van der Waals surface area contributed by atoms with E-state index in [1.807, 2.05) is 18.2 Å². The summed E-state index contributed by atoms with van der Waals surface area (Å²) < 4.78 is 5.25. The highest BCUT2D eigenvalue weighted by Crippen LogP contribution is 2.23. The maximum Gasteiger partial charge on any atom is 0.251 e. The molecule has 2 heterocycles. The maximum absolute atomic E-state index is 11.8. The highest BCUT2D eigenvalue weighted by atomic mass is 16.5. The van der Waals surface area contributed by atoms with Crippen LogP contribution in [0.15, 0.2) is 22.7 Å². The Labute approximate surface area is 129 Å². The van der Waals surface area contributed by atoms with Gasteiger partial charge in [0.15, 0.2) is 5.82 Å². The molecule has 0 unspecified atom stereocenters. The third-order valence-corrected chi connectivity index (χ3v) is 3.78. The van der Waals surface area contributed by atoms with E-state index in [2.05, 4.69) is 27.7 Å². The number of aryl methyl sites for hydroxylation is 1. The molecule has 6 heteroatoms. The summed E-state index contributed by atoms with van der Waals surface area (Å²) in [7, 11) is 0. The molecule has 2 N–H and O–H groups in total. The second kappa shape index (κ2) is 6.60. The number of benzene rings is 1. The predicted octanol–water partition coefficient (Wildman–Crippen LogP) is 2.31. The van der Waals surface area contributed by atoms with Crippen LogP contribution in [0.5, 0.6) is 0 Å². The molecule has 0 atom stereocenters. The molecular weight excluding hydrogens is 280 g/mol. The fraction of sp³-hybridized carbons (Fsp3) is 0.438. The van der Waals surface area contributed by atoms with Crippen molar-refractivity contribution in [1.82, 2.24) is 15.5 Å². The van der Waals surface area contributed by atoms with Gasteiger partial charge >= 0.3 is 0 Å². The summed E-state index contributed by atoms with van der Waals surface area (Å²) in [5.74, 6) is 1.32. The zero-order chi connectivity index (χ0) is 15.4. The van der Waals surface area contributed by atoms with Crippen LogP contribution in [0.1, 0.15) is 47.4 Å². The molecule has 0 radical (unpaired) electrons. The first kappa shape index (κ1) is 14.6. The Morgan fingerprint density at radius 2 is 2.32 bits per heavy atom.